The summed E-state index contributed by atoms with van der Waals surface area (Å²) in [6.45, 7) is 7.44. The number of amides is 2. The number of benzene rings is 1. The van der Waals surface area contributed by atoms with Crippen LogP contribution in [0.4, 0.5) is 0 Å². The lowest BCUT2D eigenvalue weighted by Gasteiger charge is -2.36. The zero-order valence-electron chi connectivity index (χ0n) is 12.5. The summed E-state index contributed by atoms with van der Waals surface area (Å²) < 4.78 is 0. The van der Waals surface area contributed by atoms with Gasteiger partial charge < -0.3 is 5.11 Å². The van der Waals surface area contributed by atoms with Crippen molar-refractivity contribution in [1.82, 2.24) is 4.90 Å². The van der Waals surface area contributed by atoms with Crippen LogP contribution in [0, 0.1) is 13.8 Å². The van der Waals surface area contributed by atoms with Gasteiger partial charge >= 0.3 is 0 Å². The average Bonchev–Trinajstić information content (AvgIpc) is 2.68. The fraction of sp³-hybridized carbons (Fsp3) is 0.500. The zero-order valence-corrected chi connectivity index (χ0v) is 12.5. The van der Waals surface area contributed by atoms with E-state index in [1.165, 1.54) is 4.90 Å². The van der Waals surface area contributed by atoms with Gasteiger partial charge in [-0.2, -0.15) is 0 Å². The molecule has 1 heterocycles. The molecule has 0 saturated heterocycles. The van der Waals surface area contributed by atoms with E-state index in [2.05, 4.69) is 0 Å². The highest BCUT2D eigenvalue weighted by atomic mass is 16.3. The summed E-state index contributed by atoms with van der Waals surface area (Å²) in [6.07, 6.45) is 1.02. The van der Waals surface area contributed by atoms with Crippen molar-refractivity contribution in [2.75, 3.05) is 6.61 Å². The number of rotatable bonds is 4. The molecule has 4 heteroatoms. The quantitative estimate of drug-likeness (QED) is 0.859. The summed E-state index contributed by atoms with van der Waals surface area (Å²) in [5.41, 5.74) is 2.06. The van der Waals surface area contributed by atoms with E-state index in [0.717, 1.165) is 11.1 Å². The summed E-state index contributed by atoms with van der Waals surface area (Å²) in [7, 11) is 0. The topological polar surface area (TPSA) is 57.6 Å². The fourth-order valence-corrected chi connectivity index (χ4v) is 2.86. The smallest absolute Gasteiger partial charge is 0.262 e. The third-order valence-corrected chi connectivity index (χ3v) is 4.41. The summed E-state index contributed by atoms with van der Waals surface area (Å²) in [6, 6.07) is 3.75. The van der Waals surface area contributed by atoms with Gasteiger partial charge in [0, 0.05) is 6.61 Å². The molecule has 1 aromatic rings. The Hall–Kier alpha value is -1.68. The van der Waals surface area contributed by atoms with E-state index >= 15 is 0 Å². The number of aliphatic hydroxyl groups excluding tert-OH is 1. The maximum absolute atomic E-state index is 12.7. The van der Waals surface area contributed by atoms with Crippen molar-refractivity contribution in [2.45, 2.75) is 46.1 Å². The van der Waals surface area contributed by atoms with Crippen molar-refractivity contribution >= 4 is 11.8 Å². The first-order valence-corrected chi connectivity index (χ1v) is 6.97. The molecule has 108 valence electrons. The van der Waals surface area contributed by atoms with Gasteiger partial charge in [-0.25, -0.2) is 0 Å². The minimum absolute atomic E-state index is 0.0459. The summed E-state index contributed by atoms with van der Waals surface area (Å²) in [4.78, 5) is 26.7. The van der Waals surface area contributed by atoms with E-state index in [1.807, 2.05) is 39.8 Å². The van der Waals surface area contributed by atoms with Gasteiger partial charge in [0.2, 0.25) is 0 Å². The first kappa shape index (κ1) is 14.7. The normalized spacial score (nSPS) is 17.4. The minimum atomic E-state index is -0.638. The number of carbonyl (C=O) groups is 2. The number of fused-ring (bicyclic) bond motifs is 1. The Kier molecular flexibility index (Phi) is 3.69. The molecule has 1 aromatic carbocycles. The van der Waals surface area contributed by atoms with Gasteiger partial charge in [0.05, 0.1) is 16.7 Å². The Balaban J connectivity index is 2.58. The summed E-state index contributed by atoms with van der Waals surface area (Å²) >= 11 is 0. The Morgan fingerprint density at radius 1 is 1.10 bits per heavy atom. The first-order valence-electron chi connectivity index (χ1n) is 6.97. The standard InChI is InChI=1S/C16H21NO3/c1-5-16(4,8-9-18)17-14(19)12-10(2)6-7-11(3)13(12)15(17)20/h6-7,18H,5,8-9H2,1-4H3. The highest BCUT2D eigenvalue weighted by Crippen LogP contribution is 2.36. The number of aryl methyl sites for hydroxylation is 2. The van der Waals surface area contributed by atoms with Gasteiger partial charge in [0.25, 0.3) is 11.8 Å². The molecule has 0 aliphatic carbocycles. The zero-order chi connectivity index (χ0) is 15.1. The molecule has 1 unspecified atom stereocenters. The van der Waals surface area contributed by atoms with Crippen LogP contribution in [0.2, 0.25) is 0 Å². The highest BCUT2D eigenvalue weighted by molar-refractivity contribution is 6.23. The Morgan fingerprint density at radius 2 is 1.55 bits per heavy atom. The van der Waals surface area contributed by atoms with Gasteiger partial charge in [-0.1, -0.05) is 19.1 Å². The van der Waals surface area contributed by atoms with E-state index < -0.39 is 5.54 Å². The third-order valence-electron chi connectivity index (χ3n) is 4.41. The molecule has 1 atom stereocenters. The fourth-order valence-electron chi connectivity index (χ4n) is 2.86. The van der Waals surface area contributed by atoms with E-state index in [1.54, 1.807) is 0 Å². The van der Waals surface area contributed by atoms with Crippen molar-refractivity contribution < 1.29 is 14.7 Å². The largest absolute Gasteiger partial charge is 0.396 e. The van der Waals surface area contributed by atoms with Crippen molar-refractivity contribution in [2.24, 2.45) is 0 Å². The van der Waals surface area contributed by atoms with Crippen LogP contribution in [0.15, 0.2) is 12.1 Å². The lowest BCUT2D eigenvalue weighted by Crippen LogP contribution is -2.50. The molecular formula is C16H21NO3. The predicted molar refractivity (Wildman–Crippen MR) is 76.8 cm³/mol. The van der Waals surface area contributed by atoms with Crippen molar-refractivity contribution in [3.63, 3.8) is 0 Å². The monoisotopic (exact) mass is 275 g/mol. The van der Waals surface area contributed by atoms with Crippen LogP contribution in [0.5, 0.6) is 0 Å². The Bertz CT molecular complexity index is 538. The molecular weight excluding hydrogens is 254 g/mol. The van der Waals surface area contributed by atoms with E-state index in [-0.39, 0.29) is 18.4 Å². The van der Waals surface area contributed by atoms with Gasteiger partial charge in [0.15, 0.2) is 0 Å². The minimum Gasteiger partial charge on any atom is -0.396 e. The SMILES string of the molecule is CCC(C)(CCO)N1C(=O)c2c(C)ccc(C)c2C1=O. The molecule has 4 nitrogen and oxygen atoms in total. The number of imide groups is 1. The Morgan fingerprint density at radius 3 is 1.90 bits per heavy atom. The van der Waals surface area contributed by atoms with E-state index in [0.29, 0.717) is 24.0 Å². The maximum Gasteiger partial charge on any atom is 0.262 e. The predicted octanol–water partition coefficient (Wildman–Crippen LogP) is 2.45. The van der Waals surface area contributed by atoms with Crippen molar-refractivity contribution in [3.8, 4) is 0 Å². The first-order chi connectivity index (χ1) is 9.37. The third kappa shape index (κ3) is 1.95. The second kappa shape index (κ2) is 5.02. The van der Waals surface area contributed by atoms with Crippen LogP contribution in [-0.2, 0) is 0 Å². The molecule has 0 spiro atoms. The number of carbonyl (C=O) groups excluding carboxylic acids is 2. The maximum atomic E-state index is 12.7. The molecule has 0 bridgehead atoms. The average molecular weight is 275 g/mol. The van der Waals surface area contributed by atoms with Gasteiger partial charge in [0.1, 0.15) is 0 Å². The van der Waals surface area contributed by atoms with Crippen LogP contribution in [0.25, 0.3) is 0 Å². The molecule has 20 heavy (non-hydrogen) atoms. The summed E-state index contributed by atoms with van der Waals surface area (Å²) in [5.74, 6) is -0.465. The second-order valence-electron chi connectivity index (χ2n) is 5.72. The molecule has 0 radical (unpaired) electrons. The number of aliphatic hydroxyl groups is 1. The van der Waals surface area contributed by atoms with Crippen LogP contribution >= 0.6 is 0 Å². The summed E-state index contributed by atoms with van der Waals surface area (Å²) in [5, 5.41) is 9.24. The molecule has 0 fully saturated rings. The lowest BCUT2D eigenvalue weighted by molar-refractivity contribution is 0.0390. The van der Waals surface area contributed by atoms with Crippen LogP contribution in [0.1, 0.15) is 58.5 Å². The lowest BCUT2D eigenvalue weighted by atomic mass is 9.92. The van der Waals surface area contributed by atoms with Crippen molar-refractivity contribution in [3.05, 3.63) is 34.4 Å². The molecule has 1 N–H and O–H groups in total. The van der Waals surface area contributed by atoms with Gasteiger partial charge in [-0.05, 0) is 44.7 Å². The number of hydrogen-bond donors (Lipinski definition) is 1. The number of hydrogen-bond acceptors (Lipinski definition) is 3. The van der Waals surface area contributed by atoms with E-state index in [4.69, 9.17) is 0 Å². The van der Waals surface area contributed by atoms with E-state index in [9.17, 15) is 14.7 Å². The van der Waals surface area contributed by atoms with Crippen LogP contribution in [0.3, 0.4) is 0 Å². The van der Waals surface area contributed by atoms with Gasteiger partial charge in [-0.3, -0.25) is 14.5 Å². The molecule has 0 aromatic heterocycles. The van der Waals surface area contributed by atoms with Crippen LogP contribution in [-0.4, -0.2) is 34.0 Å². The van der Waals surface area contributed by atoms with Crippen molar-refractivity contribution in [1.29, 1.82) is 0 Å². The second-order valence-corrected chi connectivity index (χ2v) is 5.72. The van der Waals surface area contributed by atoms with Crippen LogP contribution < -0.4 is 0 Å². The molecule has 1 aliphatic rings. The molecule has 0 saturated carbocycles. The molecule has 2 amide bonds. The van der Waals surface area contributed by atoms with Gasteiger partial charge in [-0.15, -0.1) is 0 Å². The molecule has 1 aliphatic heterocycles. The number of nitrogens with zero attached hydrogens (tertiary/aromatic N) is 1. The molecule has 2 rings (SSSR count). The highest BCUT2D eigenvalue weighted by Gasteiger charge is 2.46. The Labute approximate surface area is 119 Å².